The van der Waals surface area contributed by atoms with Gasteiger partial charge in [0.1, 0.15) is 0 Å². The second kappa shape index (κ2) is 6.24. The van der Waals surface area contributed by atoms with Crippen LogP contribution in [0.3, 0.4) is 0 Å². The third-order valence-corrected chi connectivity index (χ3v) is 3.63. The van der Waals surface area contributed by atoms with Crippen LogP contribution in [-0.4, -0.2) is 17.8 Å². The SMILES string of the molecule is N#CCCN(CCC#N)P(=O)(Cl)Cl. The summed E-state index contributed by atoms with van der Waals surface area (Å²) in [6.07, 6.45) is 0.379. The molecule has 0 saturated carbocycles. The van der Waals surface area contributed by atoms with E-state index in [1.165, 1.54) is 4.67 Å². The van der Waals surface area contributed by atoms with Gasteiger partial charge in [0.25, 0.3) is 0 Å². The van der Waals surface area contributed by atoms with Crippen molar-refractivity contribution in [2.75, 3.05) is 13.1 Å². The fourth-order valence-electron chi connectivity index (χ4n) is 0.703. The summed E-state index contributed by atoms with van der Waals surface area (Å²) in [5.41, 5.74) is 0. The Morgan fingerprint density at radius 1 is 1.15 bits per heavy atom. The number of hydrogen-bond acceptors (Lipinski definition) is 3. The molecule has 0 aliphatic heterocycles. The normalized spacial score (nSPS) is 10.8. The summed E-state index contributed by atoms with van der Waals surface area (Å²) in [7, 11) is 0. The van der Waals surface area contributed by atoms with E-state index in [-0.39, 0.29) is 25.9 Å². The zero-order valence-corrected chi connectivity index (χ0v) is 9.19. The van der Waals surface area contributed by atoms with E-state index >= 15 is 0 Å². The molecular weight excluding hydrogens is 232 g/mol. The van der Waals surface area contributed by atoms with Crippen molar-refractivity contribution in [1.82, 2.24) is 4.67 Å². The van der Waals surface area contributed by atoms with Crippen LogP contribution >= 0.6 is 28.5 Å². The number of rotatable bonds is 5. The Kier molecular flexibility index (Phi) is 6.12. The summed E-state index contributed by atoms with van der Waals surface area (Å²) >= 11 is 10.8. The van der Waals surface area contributed by atoms with Crippen LogP contribution in [0.2, 0.25) is 0 Å². The fraction of sp³-hybridized carbons (Fsp3) is 0.667. The molecule has 7 heteroatoms. The van der Waals surface area contributed by atoms with E-state index in [1.54, 1.807) is 0 Å². The molecule has 0 atom stereocenters. The summed E-state index contributed by atoms with van der Waals surface area (Å²) in [5.74, 6) is -3.36. The van der Waals surface area contributed by atoms with Crippen molar-refractivity contribution < 1.29 is 4.57 Å². The van der Waals surface area contributed by atoms with E-state index in [0.29, 0.717) is 0 Å². The molecule has 0 heterocycles. The van der Waals surface area contributed by atoms with Gasteiger partial charge in [-0.3, -0.25) is 4.57 Å². The third-order valence-electron chi connectivity index (χ3n) is 1.29. The molecule has 0 aliphatic rings. The van der Waals surface area contributed by atoms with Gasteiger partial charge in [0.2, 0.25) is 0 Å². The minimum atomic E-state index is -3.36. The minimum Gasteiger partial charge on any atom is -0.271 e. The first kappa shape index (κ1) is 12.8. The average molecular weight is 240 g/mol. The Hall–Kier alpha value is -0.250. The molecule has 0 N–H and O–H groups in total. The van der Waals surface area contributed by atoms with Crippen LogP contribution in [0.15, 0.2) is 0 Å². The lowest BCUT2D eigenvalue weighted by Gasteiger charge is -2.19. The van der Waals surface area contributed by atoms with Gasteiger partial charge in [-0.2, -0.15) is 10.5 Å². The van der Waals surface area contributed by atoms with Crippen LogP contribution < -0.4 is 0 Å². The number of hydrogen-bond donors (Lipinski definition) is 0. The number of halogens is 2. The molecule has 0 spiro atoms. The van der Waals surface area contributed by atoms with Crippen LogP contribution in [0.5, 0.6) is 0 Å². The molecule has 0 aromatic carbocycles. The topological polar surface area (TPSA) is 67.9 Å². The summed E-state index contributed by atoms with van der Waals surface area (Å²) < 4.78 is 12.4. The van der Waals surface area contributed by atoms with Crippen molar-refractivity contribution in [2.45, 2.75) is 12.8 Å². The maximum absolute atomic E-state index is 11.2. The van der Waals surface area contributed by atoms with Gasteiger partial charge in [-0.25, -0.2) is 4.67 Å². The van der Waals surface area contributed by atoms with Gasteiger partial charge in [-0.05, 0) is 22.5 Å². The first-order valence-corrected chi connectivity index (χ1v) is 6.98. The molecule has 0 radical (unpaired) electrons. The molecule has 0 aromatic rings. The molecule has 0 saturated heterocycles. The van der Waals surface area contributed by atoms with E-state index in [0.717, 1.165) is 0 Å². The van der Waals surface area contributed by atoms with Gasteiger partial charge in [-0.1, -0.05) is 0 Å². The Labute approximate surface area is 86.6 Å². The first-order valence-electron chi connectivity index (χ1n) is 3.51. The number of nitriles is 2. The van der Waals surface area contributed by atoms with E-state index < -0.39 is 6.00 Å². The van der Waals surface area contributed by atoms with Crippen LogP contribution in [-0.2, 0) is 4.57 Å². The highest BCUT2D eigenvalue weighted by molar-refractivity contribution is 8.06. The van der Waals surface area contributed by atoms with Crippen molar-refractivity contribution in [3.05, 3.63) is 0 Å². The zero-order valence-electron chi connectivity index (χ0n) is 6.78. The van der Waals surface area contributed by atoms with Crippen molar-refractivity contribution in [3.63, 3.8) is 0 Å². The predicted octanol–water partition coefficient (Wildman–Crippen LogP) is 2.70. The monoisotopic (exact) mass is 239 g/mol. The van der Waals surface area contributed by atoms with Gasteiger partial charge >= 0.3 is 6.00 Å². The summed E-state index contributed by atoms with van der Waals surface area (Å²) in [4.78, 5) is 0. The largest absolute Gasteiger partial charge is 0.322 e. The van der Waals surface area contributed by atoms with Crippen LogP contribution in [0.4, 0.5) is 0 Å². The third kappa shape index (κ3) is 5.91. The standard InChI is InChI=1S/C6H8Cl2N3OP/c7-13(8,12)11(5-1-3-9)6-2-4-10/h1-2,5-6H2. The van der Waals surface area contributed by atoms with E-state index in [9.17, 15) is 4.57 Å². The Morgan fingerprint density at radius 2 is 1.54 bits per heavy atom. The van der Waals surface area contributed by atoms with Gasteiger partial charge in [-0.15, -0.1) is 0 Å². The van der Waals surface area contributed by atoms with Gasteiger partial charge in [0, 0.05) is 25.9 Å². The van der Waals surface area contributed by atoms with Crippen molar-refractivity contribution >= 4 is 28.5 Å². The van der Waals surface area contributed by atoms with Crippen LogP contribution in [0.1, 0.15) is 12.8 Å². The van der Waals surface area contributed by atoms with Gasteiger partial charge < -0.3 is 0 Å². The Balaban J connectivity index is 4.15. The molecule has 13 heavy (non-hydrogen) atoms. The predicted molar refractivity (Wildman–Crippen MR) is 51.3 cm³/mol. The maximum atomic E-state index is 11.2. The average Bonchev–Trinajstić information content (AvgIpc) is 2.02. The van der Waals surface area contributed by atoms with Crippen LogP contribution in [0, 0.1) is 22.7 Å². The van der Waals surface area contributed by atoms with Crippen LogP contribution in [0.25, 0.3) is 0 Å². The number of nitrogens with zero attached hydrogens (tertiary/aromatic N) is 3. The fourth-order valence-corrected chi connectivity index (χ4v) is 2.28. The Bertz CT molecular complexity index is 259. The van der Waals surface area contributed by atoms with Gasteiger partial charge in [0.05, 0.1) is 12.1 Å². The van der Waals surface area contributed by atoms with E-state index in [1.807, 2.05) is 12.1 Å². The highest BCUT2D eigenvalue weighted by atomic mass is 35.9. The molecule has 4 nitrogen and oxygen atoms in total. The first-order chi connectivity index (χ1) is 6.02. The molecule has 0 aliphatic carbocycles. The molecule has 0 fully saturated rings. The molecule has 0 bridgehead atoms. The lowest BCUT2D eigenvalue weighted by Crippen LogP contribution is -2.18. The quantitative estimate of drug-likeness (QED) is 0.692. The molecule has 0 rings (SSSR count). The van der Waals surface area contributed by atoms with Crippen molar-refractivity contribution in [2.24, 2.45) is 0 Å². The molecule has 72 valence electrons. The zero-order chi connectivity index (χ0) is 10.3. The summed E-state index contributed by atoms with van der Waals surface area (Å²) in [6, 6.07) is 3.77. The maximum Gasteiger partial charge on any atom is 0.322 e. The smallest absolute Gasteiger partial charge is 0.271 e. The summed E-state index contributed by atoms with van der Waals surface area (Å²) in [6.45, 7) is 0.449. The van der Waals surface area contributed by atoms with E-state index in [4.69, 9.17) is 33.0 Å². The molecule has 0 unspecified atom stereocenters. The van der Waals surface area contributed by atoms with Crippen molar-refractivity contribution in [3.8, 4) is 12.1 Å². The van der Waals surface area contributed by atoms with E-state index in [2.05, 4.69) is 0 Å². The van der Waals surface area contributed by atoms with Crippen molar-refractivity contribution in [1.29, 1.82) is 10.5 Å². The lowest BCUT2D eigenvalue weighted by molar-refractivity contribution is 0.443. The summed E-state index contributed by atoms with van der Waals surface area (Å²) in [5, 5.41) is 16.6. The highest BCUT2D eigenvalue weighted by Gasteiger charge is 2.23. The minimum absolute atomic E-state index is 0.189. The lowest BCUT2D eigenvalue weighted by atomic mass is 10.4. The molecule has 0 aromatic heterocycles. The second-order valence-corrected chi connectivity index (χ2v) is 6.91. The molecular formula is C6H8Cl2N3OP. The molecule has 0 amide bonds. The Morgan fingerprint density at radius 3 is 1.77 bits per heavy atom. The second-order valence-electron chi connectivity index (χ2n) is 2.20. The highest BCUT2D eigenvalue weighted by Crippen LogP contribution is 2.59. The van der Waals surface area contributed by atoms with Gasteiger partial charge in [0.15, 0.2) is 0 Å².